The Morgan fingerprint density at radius 1 is 1.35 bits per heavy atom. The molecule has 0 spiro atoms. The first-order valence-electron chi connectivity index (χ1n) is 6.93. The van der Waals surface area contributed by atoms with Gasteiger partial charge in [0.15, 0.2) is 0 Å². The highest BCUT2D eigenvalue weighted by molar-refractivity contribution is 4.88. The third kappa shape index (κ3) is 3.91. The van der Waals surface area contributed by atoms with Crippen molar-refractivity contribution in [3.05, 3.63) is 0 Å². The highest BCUT2D eigenvalue weighted by atomic mass is 16.5. The Morgan fingerprint density at radius 3 is 2.82 bits per heavy atom. The highest BCUT2D eigenvalue weighted by Gasteiger charge is 2.31. The van der Waals surface area contributed by atoms with Crippen LogP contribution in [0.15, 0.2) is 0 Å². The average Bonchev–Trinajstić information content (AvgIpc) is 2.41. The lowest BCUT2D eigenvalue weighted by Gasteiger charge is -2.37. The topological polar surface area (TPSA) is 42.5 Å². The number of piperidine rings is 1. The van der Waals surface area contributed by atoms with E-state index >= 15 is 0 Å². The van der Waals surface area contributed by atoms with E-state index in [1.807, 2.05) is 7.11 Å². The molecule has 0 saturated carbocycles. The fourth-order valence-electron chi connectivity index (χ4n) is 2.76. The van der Waals surface area contributed by atoms with Gasteiger partial charge >= 0.3 is 0 Å². The van der Waals surface area contributed by atoms with Gasteiger partial charge in [-0.05, 0) is 45.2 Å². The number of ether oxygens (including phenoxy) is 2. The lowest BCUT2D eigenvalue weighted by Crippen LogP contribution is -2.51. The summed E-state index contributed by atoms with van der Waals surface area (Å²) in [7, 11) is 1.84. The van der Waals surface area contributed by atoms with Crippen LogP contribution in [0.5, 0.6) is 0 Å². The summed E-state index contributed by atoms with van der Waals surface area (Å²) in [5.41, 5.74) is 0.0416. The lowest BCUT2D eigenvalue weighted by atomic mass is 9.92. The van der Waals surface area contributed by atoms with Crippen LogP contribution >= 0.6 is 0 Å². The van der Waals surface area contributed by atoms with Gasteiger partial charge in [0.05, 0.1) is 11.7 Å². The summed E-state index contributed by atoms with van der Waals surface area (Å²) in [4.78, 5) is 0. The van der Waals surface area contributed by atoms with Crippen LogP contribution in [0.25, 0.3) is 0 Å². The molecule has 0 aromatic rings. The van der Waals surface area contributed by atoms with Crippen molar-refractivity contribution in [1.82, 2.24) is 10.6 Å². The number of hydrogen-bond donors (Lipinski definition) is 2. The van der Waals surface area contributed by atoms with Crippen molar-refractivity contribution in [2.45, 2.75) is 43.8 Å². The SMILES string of the molecule is COC1(CNCC2CCCCO2)CCNCC1. The van der Waals surface area contributed by atoms with E-state index in [2.05, 4.69) is 10.6 Å². The van der Waals surface area contributed by atoms with E-state index in [9.17, 15) is 0 Å². The van der Waals surface area contributed by atoms with E-state index < -0.39 is 0 Å². The summed E-state index contributed by atoms with van der Waals surface area (Å²) in [5.74, 6) is 0. The van der Waals surface area contributed by atoms with Crippen molar-refractivity contribution in [3.8, 4) is 0 Å². The largest absolute Gasteiger partial charge is 0.377 e. The van der Waals surface area contributed by atoms with Crippen molar-refractivity contribution in [3.63, 3.8) is 0 Å². The maximum Gasteiger partial charge on any atom is 0.0826 e. The zero-order valence-corrected chi connectivity index (χ0v) is 11.0. The van der Waals surface area contributed by atoms with Gasteiger partial charge in [-0.2, -0.15) is 0 Å². The molecule has 0 amide bonds. The van der Waals surface area contributed by atoms with E-state index in [0.29, 0.717) is 6.10 Å². The Hall–Kier alpha value is -0.160. The van der Waals surface area contributed by atoms with Crippen LogP contribution in [0, 0.1) is 0 Å². The second-order valence-corrected chi connectivity index (χ2v) is 5.26. The molecule has 17 heavy (non-hydrogen) atoms. The minimum Gasteiger partial charge on any atom is -0.377 e. The van der Waals surface area contributed by atoms with Gasteiger partial charge < -0.3 is 20.1 Å². The molecule has 2 rings (SSSR count). The summed E-state index contributed by atoms with van der Waals surface area (Å²) in [6, 6.07) is 0. The van der Waals surface area contributed by atoms with Crippen molar-refractivity contribution in [1.29, 1.82) is 0 Å². The summed E-state index contributed by atoms with van der Waals surface area (Å²) in [5, 5.41) is 6.92. The van der Waals surface area contributed by atoms with Gasteiger partial charge in [0, 0.05) is 26.8 Å². The minimum absolute atomic E-state index is 0.0416. The Morgan fingerprint density at radius 2 is 2.18 bits per heavy atom. The summed E-state index contributed by atoms with van der Waals surface area (Å²) >= 11 is 0. The number of nitrogens with one attached hydrogen (secondary N) is 2. The molecule has 1 unspecified atom stereocenters. The monoisotopic (exact) mass is 242 g/mol. The maximum atomic E-state index is 5.72. The van der Waals surface area contributed by atoms with Gasteiger partial charge in [-0.3, -0.25) is 0 Å². The second-order valence-electron chi connectivity index (χ2n) is 5.26. The van der Waals surface area contributed by atoms with E-state index in [0.717, 1.165) is 45.6 Å². The molecule has 2 N–H and O–H groups in total. The molecule has 2 aliphatic rings. The molecule has 4 nitrogen and oxygen atoms in total. The van der Waals surface area contributed by atoms with Gasteiger partial charge in [-0.25, -0.2) is 0 Å². The lowest BCUT2D eigenvalue weighted by molar-refractivity contribution is -0.0377. The fraction of sp³-hybridized carbons (Fsp3) is 1.00. The Balaban J connectivity index is 1.68. The molecule has 1 atom stereocenters. The van der Waals surface area contributed by atoms with E-state index in [-0.39, 0.29) is 5.60 Å². The van der Waals surface area contributed by atoms with Gasteiger partial charge in [0.2, 0.25) is 0 Å². The molecule has 2 fully saturated rings. The third-order valence-electron chi connectivity index (χ3n) is 4.04. The summed E-state index contributed by atoms with van der Waals surface area (Å²) in [6.07, 6.45) is 6.36. The van der Waals surface area contributed by atoms with Gasteiger partial charge in [-0.1, -0.05) is 0 Å². The molecular formula is C13H26N2O2. The summed E-state index contributed by atoms with van der Waals surface area (Å²) in [6.45, 7) is 4.99. The third-order valence-corrected chi connectivity index (χ3v) is 4.04. The smallest absolute Gasteiger partial charge is 0.0826 e. The molecule has 2 heterocycles. The zero-order valence-electron chi connectivity index (χ0n) is 11.0. The van der Waals surface area contributed by atoms with E-state index in [1.165, 1.54) is 19.3 Å². The molecule has 0 aromatic heterocycles. The van der Waals surface area contributed by atoms with Crippen LogP contribution in [-0.4, -0.2) is 51.6 Å². The Labute approximate surface area is 104 Å². The zero-order chi connectivity index (χ0) is 12.0. The molecule has 100 valence electrons. The van der Waals surface area contributed by atoms with Crippen LogP contribution < -0.4 is 10.6 Å². The first kappa shape index (κ1) is 13.3. The van der Waals surface area contributed by atoms with Crippen molar-refractivity contribution >= 4 is 0 Å². The summed E-state index contributed by atoms with van der Waals surface area (Å²) < 4.78 is 11.4. The first-order chi connectivity index (χ1) is 8.35. The number of methoxy groups -OCH3 is 1. The Kier molecular flexibility index (Phi) is 5.22. The molecule has 0 radical (unpaired) electrons. The van der Waals surface area contributed by atoms with Crippen molar-refractivity contribution in [2.75, 3.05) is 39.9 Å². The second kappa shape index (κ2) is 6.69. The van der Waals surface area contributed by atoms with Gasteiger partial charge in [0.1, 0.15) is 0 Å². The van der Waals surface area contributed by atoms with Crippen LogP contribution in [0.3, 0.4) is 0 Å². The molecule has 0 aromatic carbocycles. The van der Waals surface area contributed by atoms with Crippen molar-refractivity contribution < 1.29 is 9.47 Å². The number of hydrogen-bond acceptors (Lipinski definition) is 4. The highest BCUT2D eigenvalue weighted by Crippen LogP contribution is 2.21. The van der Waals surface area contributed by atoms with Gasteiger partial charge in [0.25, 0.3) is 0 Å². The van der Waals surface area contributed by atoms with E-state index in [4.69, 9.17) is 9.47 Å². The molecule has 0 aliphatic carbocycles. The molecule has 2 saturated heterocycles. The molecular weight excluding hydrogens is 216 g/mol. The Bertz CT molecular complexity index is 211. The fourth-order valence-corrected chi connectivity index (χ4v) is 2.76. The number of rotatable bonds is 5. The van der Waals surface area contributed by atoms with Gasteiger partial charge in [-0.15, -0.1) is 0 Å². The maximum absolute atomic E-state index is 5.72. The average molecular weight is 242 g/mol. The standard InChI is InChI=1S/C13H26N2O2/c1-16-13(5-7-14-8-6-13)11-15-10-12-4-2-3-9-17-12/h12,14-15H,2-11H2,1H3. The molecule has 0 bridgehead atoms. The first-order valence-corrected chi connectivity index (χ1v) is 6.93. The minimum atomic E-state index is 0.0416. The molecule has 2 aliphatic heterocycles. The van der Waals surface area contributed by atoms with Crippen molar-refractivity contribution in [2.24, 2.45) is 0 Å². The predicted octanol–water partition coefficient (Wildman–Crippen LogP) is 0.914. The van der Waals surface area contributed by atoms with Crippen LogP contribution in [-0.2, 0) is 9.47 Å². The van der Waals surface area contributed by atoms with Crippen LogP contribution in [0.1, 0.15) is 32.1 Å². The van der Waals surface area contributed by atoms with Crippen LogP contribution in [0.4, 0.5) is 0 Å². The van der Waals surface area contributed by atoms with Crippen LogP contribution in [0.2, 0.25) is 0 Å². The normalized spacial score (nSPS) is 29.1. The molecule has 4 heteroatoms. The van der Waals surface area contributed by atoms with E-state index in [1.54, 1.807) is 0 Å². The predicted molar refractivity (Wildman–Crippen MR) is 68.3 cm³/mol. The quantitative estimate of drug-likeness (QED) is 0.752.